The van der Waals surface area contributed by atoms with Crippen LogP contribution in [0.15, 0.2) is 34.2 Å². The first-order chi connectivity index (χ1) is 13.0. The Hall–Kier alpha value is -2.61. The predicted octanol–water partition coefficient (Wildman–Crippen LogP) is 2.81. The Labute approximate surface area is 160 Å². The molecule has 1 aromatic carbocycles. The summed E-state index contributed by atoms with van der Waals surface area (Å²) in [5.41, 5.74) is 1.47. The van der Waals surface area contributed by atoms with Crippen molar-refractivity contribution in [3.63, 3.8) is 0 Å². The maximum Gasteiger partial charge on any atom is 0.262 e. The molecule has 142 valence electrons. The van der Waals surface area contributed by atoms with Gasteiger partial charge in [-0.25, -0.2) is 4.98 Å². The van der Waals surface area contributed by atoms with Crippen molar-refractivity contribution in [2.24, 2.45) is 0 Å². The zero-order valence-electron chi connectivity index (χ0n) is 15.2. The number of ether oxygens (including phenoxy) is 1. The zero-order chi connectivity index (χ0) is 19.4. The molecule has 2 N–H and O–H groups in total. The number of ketones is 1. The van der Waals surface area contributed by atoms with Gasteiger partial charge in [-0.1, -0.05) is 25.1 Å². The molecule has 8 heteroatoms. The second-order valence-electron chi connectivity index (χ2n) is 6.32. The van der Waals surface area contributed by atoms with Gasteiger partial charge in [-0.2, -0.15) is 0 Å². The molecule has 0 spiro atoms. The molecule has 0 saturated heterocycles. The van der Waals surface area contributed by atoms with E-state index in [0.29, 0.717) is 22.2 Å². The van der Waals surface area contributed by atoms with Crippen molar-refractivity contribution in [2.75, 3.05) is 11.9 Å². The molecule has 0 bridgehead atoms. The number of carbonyl (C=O) groups is 2. The average Bonchev–Trinajstić information content (AvgIpc) is 2.64. The molecular weight excluding hydrogens is 366 g/mol. The van der Waals surface area contributed by atoms with Crippen LogP contribution in [0.4, 0.5) is 5.69 Å². The van der Waals surface area contributed by atoms with Crippen LogP contribution in [0.1, 0.15) is 42.7 Å². The number of unbranched alkanes of at least 4 members (excludes halogenated alkanes) is 1. The molecule has 1 aliphatic heterocycles. The van der Waals surface area contributed by atoms with Gasteiger partial charge in [-0.15, -0.1) is 0 Å². The minimum absolute atomic E-state index is 0.0278. The Balaban J connectivity index is 1.74. The third-order valence-corrected chi connectivity index (χ3v) is 5.10. The Morgan fingerprint density at radius 2 is 2.15 bits per heavy atom. The summed E-state index contributed by atoms with van der Waals surface area (Å²) in [6.45, 7) is 3.82. The molecule has 1 amide bonds. The molecule has 1 unspecified atom stereocenters. The summed E-state index contributed by atoms with van der Waals surface area (Å²) in [5, 5.41) is 2.68. The number of aryl methyl sites for hydroxylation is 1. The van der Waals surface area contributed by atoms with Gasteiger partial charge in [0.1, 0.15) is 5.75 Å². The molecule has 0 aliphatic carbocycles. The Bertz CT molecular complexity index is 925. The number of hydrogen-bond acceptors (Lipinski definition) is 6. The van der Waals surface area contributed by atoms with E-state index in [4.69, 9.17) is 4.74 Å². The molecule has 27 heavy (non-hydrogen) atoms. The van der Waals surface area contributed by atoms with Crippen molar-refractivity contribution >= 4 is 29.1 Å². The number of nitrogens with one attached hydrogen (secondary N) is 2. The summed E-state index contributed by atoms with van der Waals surface area (Å²) in [6, 6.07) is 6.45. The normalized spacial score (nSPS) is 14.1. The molecular formula is C19H21N3O4S. The van der Waals surface area contributed by atoms with Crippen LogP contribution in [0.25, 0.3) is 0 Å². The highest BCUT2D eigenvalue weighted by atomic mass is 32.2. The largest absolute Gasteiger partial charge is 0.482 e. The van der Waals surface area contributed by atoms with Crippen LogP contribution < -0.4 is 15.6 Å². The van der Waals surface area contributed by atoms with Crippen molar-refractivity contribution in [1.29, 1.82) is 0 Å². The summed E-state index contributed by atoms with van der Waals surface area (Å²) < 4.78 is 5.31. The van der Waals surface area contributed by atoms with E-state index in [1.807, 2.05) is 0 Å². The number of aromatic amines is 1. The van der Waals surface area contributed by atoms with E-state index in [9.17, 15) is 14.4 Å². The molecule has 2 aromatic rings. The first-order valence-corrected chi connectivity index (χ1v) is 9.72. The molecule has 3 rings (SSSR count). The summed E-state index contributed by atoms with van der Waals surface area (Å²) in [6.07, 6.45) is 2.71. The van der Waals surface area contributed by atoms with Crippen molar-refractivity contribution in [3.05, 3.63) is 45.9 Å². The van der Waals surface area contributed by atoms with Gasteiger partial charge in [0.05, 0.1) is 10.9 Å². The van der Waals surface area contributed by atoms with Crippen LogP contribution in [0.2, 0.25) is 0 Å². The van der Waals surface area contributed by atoms with Gasteiger partial charge >= 0.3 is 0 Å². The fourth-order valence-corrected chi connectivity index (χ4v) is 3.62. The summed E-state index contributed by atoms with van der Waals surface area (Å²) >= 11 is 1.21. The number of aromatic nitrogens is 2. The minimum atomic E-state index is -0.451. The van der Waals surface area contributed by atoms with E-state index < -0.39 is 5.25 Å². The smallest absolute Gasteiger partial charge is 0.262 e. The lowest BCUT2D eigenvalue weighted by Crippen LogP contribution is -2.26. The Kier molecular flexibility index (Phi) is 5.95. The van der Waals surface area contributed by atoms with Crippen LogP contribution in [0.3, 0.4) is 0 Å². The van der Waals surface area contributed by atoms with Gasteiger partial charge in [0.25, 0.3) is 11.5 Å². The van der Waals surface area contributed by atoms with Gasteiger partial charge < -0.3 is 15.0 Å². The Morgan fingerprint density at radius 1 is 1.33 bits per heavy atom. The van der Waals surface area contributed by atoms with Crippen LogP contribution in [-0.2, 0) is 11.2 Å². The summed E-state index contributed by atoms with van der Waals surface area (Å²) in [7, 11) is 0. The number of carbonyl (C=O) groups excluding carboxylic acids is 2. The van der Waals surface area contributed by atoms with Crippen LogP contribution in [0, 0.1) is 0 Å². The first-order valence-electron chi connectivity index (χ1n) is 8.84. The van der Waals surface area contributed by atoms with E-state index in [0.717, 1.165) is 25.0 Å². The molecule has 0 saturated carbocycles. The van der Waals surface area contributed by atoms with Gasteiger partial charge in [-0.05, 0) is 38.0 Å². The summed E-state index contributed by atoms with van der Waals surface area (Å²) in [5.74, 6) is 0.172. The van der Waals surface area contributed by atoms with Crippen LogP contribution >= 0.6 is 11.8 Å². The lowest BCUT2D eigenvalue weighted by molar-refractivity contribution is -0.118. The van der Waals surface area contributed by atoms with Crippen molar-refractivity contribution in [1.82, 2.24) is 9.97 Å². The third-order valence-electron chi connectivity index (χ3n) is 4.11. The highest BCUT2D eigenvalue weighted by Gasteiger charge is 2.22. The van der Waals surface area contributed by atoms with Gasteiger partial charge in [0.2, 0.25) is 0 Å². The first kappa shape index (κ1) is 19.2. The fourth-order valence-electron chi connectivity index (χ4n) is 2.72. The Morgan fingerprint density at radius 3 is 2.93 bits per heavy atom. The van der Waals surface area contributed by atoms with E-state index in [2.05, 4.69) is 22.2 Å². The zero-order valence-corrected chi connectivity index (χ0v) is 16.0. The number of rotatable bonds is 7. The lowest BCUT2D eigenvalue weighted by atomic mass is 10.1. The number of fused-ring (bicyclic) bond motifs is 1. The SMILES string of the molecule is CCCCc1cc(=O)[nH]c(SC(C)C(=O)c2ccc3c(c2)NC(=O)CO3)n1. The maximum atomic E-state index is 12.8. The van der Waals surface area contributed by atoms with Gasteiger partial charge in [0, 0.05) is 17.3 Å². The number of anilines is 1. The van der Waals surface area contributed by atoms with Crippen molar-refractivity contribution in [3.8, 4) is 5.75 Å². The van der Waals surface area contributed by atoms with Crippen molar-refractivity contribution < 1.29 is 14.3 Å². The van der Waals surface area contributed by atoms with E-state index in [1.165, 1.54) is 17.8 Å². The van der Waals surface area contributed by atoms with Gasteiger partial charge in [0.15, 0.2) is 17.5 Å². The molecule has 7 nitrogen and oxygen atoms in total. The van der Waals surface area contributed by atoms with E-state index in [-0.39, 0.29) is 23.9 Å². The van der Waals surface area contributed by atoms with E-state index in [1.54, 1.807) is 25.1 Å². The molecule has 2 heterocycles. The minimum Gasteiger partial charge on any atom is -0.482 e. The average molecular weight is 387 g/mol. The molecule has 1 atom stereocenters. The number of nitrogens with zero attached hydrogens (tertiary/aromatic N) is 1. The maximum absolute atomic E-state index is 12.8. The number of thioether (sulfide) groups is 1. The molecule has 0 radical (unpaired) electrons. The molecule has 0 fully saturated rings. The number of H-pyrrole nitrogens is 1. The fraction of sp³-hybridized carbons (Fsp3) is 0.368. The van der Waals surface area contributed by atoms with Crippen LogP contribution in [0.5, 0.6) is 5.75 Å². The van der Waals surface area contributed by atoms with Crippen LogP contribution in [-0.4, -0.2) is 33.5 Å². The number of Topliss-reactive ketones (excluding diaryl/α,β-unsaturated/α-hetero) is 1. The predicted molar refractivity (Wildman–Crippen MR) is 104 cm³/mol. The third kappa shape index (κ3) is 4.77. The monoisotopic (exact) mass is 387 g/mol. The standard InChI is InChI=1S/C19H21N3O4S/c1-3-4-5-13-9-16(23)22-19(20-13)27-11(2)18(25)12-6-7-15-14(8-12)21-17(24)10-26-15/h6-9,11H,3-5,10H2,1-2H3,(H,21,24)(H,20,22,23). The summed E-state index contributed by atoms with van der Waals surface area (Å²) in [4.78, 5) is 43.2. The number of benzene rings is 1. The highest BCUT2D eigenvalue weighted by Crippen LogP contribution is 2.30. The number of hydrogen-bond donors (Lipinski definition) is 2. The second kappa shape index (κ2) is 8.39. The van der Waals surface area contributed by atoms with Gasteiger partial charge in [-0.3, -0.25) is 14.4 Å². The lowest BCUT2D eigenvalue weighted by Gasteiger charge is -2.19. The highest BCUT2D eigenvalue weighted by molar-refractivity contribution is 8.00. The van der Waals surface area contributed by atoms with Crippen molar-refractivity contribution in [2.45, 2.75) is 43.5 Å². The topological polar surface area (TPSA) is 101 Å². The second-order valence-corrected chi connectivity index (χ2v) is 7.65. The van der Waals surface area contributed by atoms with E-state index >= 15 is 0 Å². The number of amides is 1. The molecule has 1 aromatic heterocycles. The molecule has 1 aliphatic rings. The quantitative estimate of drug-likeness (QED) is 0.430.